The number of carboxylic acid groups (broad SMARTS) is 1. The number of hydrogen-bond acceptors (Lipinski definition) is 6. The first kappa shape index (κ1) is 16.8. The van der Waals surface area contributed by atoms with Gasteiger partial charge in [-0.15, -0.1) is 0 Å². The van der Waals surface area contributed by atoms with Crippen molar-refractivity contribution in [2.45, 2.75) is 19.3 Å². The summed E-state index contributed by atoms with van der Waals surface area (Å²) < 4.78 is 5.51. The van der Waals surface area contributed by atoms with Crippen molar-refractivity contribution in [3.05, 3.63) is 41.8 Å². The van der Waals surface area contributed by atoms with Crippen LogP contribution in [0.25, 0.3) is 11.6 Å². The van der Waals surface area contributed by atoms with Crippen LogP contribution in [0.4, 0.5) is 5.82 Å². The Hall–Kier alpha value is -2.67. The van der Waals surface area contributed by atoms with Crippen LogP contribution < -0.4 is 4.90 Å². The minimum absolute atomic E-state index is 0.0637. The van der Waals surface area contributed by atoms with E-state index in [4.69, 9.17) is 19.5 Å². The molecule has 0 aromatic carbocycles. The highest BCUT2D eigenvalue weighted by atomic mass is 16.4. The van der Waals surface area contributed by atoms with Gasteiger partial charge in [-0.2, -0.15) is 0 Å². The predicted molar refractivity (Wildman–Crippen MR) is 97.2 cm³/mol. The number of hydrogen-bond donors (Lipinski definition) is 1. The van der Waals surface area contributed by atoms with E-state index in [9.17, 15) is 4.79 Å². The number of nitrogens with zero attached hydrogens (tertiary/aromatic N) is 4. The Kier molecular flexibility index (Phi) is 4.71. The molecule has 7 heteroatoms. The van der Waals surface area contributed by atoms with E-state index in [0.29, 0.717) is 24.7 Å². The number of fused-ring (bicyclic) bond motifs is 1. The quantitative estimate of drug-likeness (QED) is 0.841. The molecule has 0 saturated carbocycles. The molecule has 26 heavy (non-hydrogen) atoms. The average Bonchev–Trinajstić information content (AvgIpc) is 3.11. The zero-order chi connectivity index (χ0) is 17.9. The second-order valence-corrected chi connectivity index (χ2v) is 6.65. The number of carboxylic acids is 1. The molecule has 136 valence electrons. The molecular formula is C19H22N4O3. The first-order valence-electron chi connectivity index (χ1n) is 8.98. The normalized spacial score (nSPS) is 17.8. The molecule has 0 amide bonds. The van der Waals surface area contributed by atoms with Crippen LogP contribution in [0, 0.1) is 0 Å². The minimum Gasteiger partial charge on any atom is -0.480 e. The van der Waals surface area contributed by atoms with Crippen LogP contribution in [0.2, 0.25) is 0 Å². The number of furan rings is 1. The molecule has 4 heterocycles. The molecule has 7 nitrogen and oxygen atoms in total. The number of aromatic nitrogens is 2. The number of rotatable bonds is 4. The van der Waals surface area contributed by atoms with Gasteiger partial charge in [0.05, 0.1) is 18.5 Å². The highest BCUT2D eigenvalue weighted by molar-refractivity contribution is 5.69. The monoisotopic (exact) mass is 354 g/mol. The van der Waals surface area contributed by atoms with E-state index in [0.717, 1.165) is 49.4 Å². The number of carbonyl (C=O) groups is 1. The second-order valence-electron chi connectivity index (χ2n) is 6.65. The lowest BCUT2D eigenvalue weighted by molar-refractivity contribution is -0.138. The van der Waals surface area contributed by atoms with Gasteiger partial charge in [0.25, 0.3) is 0 Å². The fraction of sp³-hybridized carbons (Fsp3) is 0.421. The van der Waals surface area contributed by atoms with Gasteiger partial charge in [0, 0.05) is 38.2 Å². The van der Waals surface area contributed by atoms with Crippen LogP contribution >= 0.6 is 0 Å². The first-order chi connectivity index (χ1) is 12.7. The van der Waals surface area contributed by atoms with Crippen LogP contribution in [0.3, 0.4) is 0 Å². The maximum Gasteiger partial charge on any atom is 0.317 e. The molecule has 1 N–H and O–H groups in total. The van der Waals surface area contributed by atoms with Crippen LogP contribution in [-0.4, -0.2) is 58.7 Å². The molecule has 2 aromatic rings. The third-order valence-corrected chi connectivity index (χ3v) is 4.87. The highest BCUT2D eigenvalue weighted by Crippen LogP contribution is 2.29. The van der Waals surface area contributed by atoms with Gasteiger partial charge in [0.15, 0.2) is 11.6 Å². The molecule has 0 spiro atoms. The Morgan fingerprint density at radius 2 is 2.08 bits per heavy atom. The molecule has 0 unspecified atom stereocenters. The molecule has 0 atom stereocenters. The van der Waals surface area contributed by atoms with Gasteiger partial charge in [-0.3, -0.25) is 9.69 Å². The molecular weight excluding hydrogens is 332 g/mol. The van der Waals surface area contributed by atoms with Crippen LogP contribution in [0.15, 0.2) is 35.0 Å². The molecule has 0 bridgehead atoms. The molecule has 0 aliphatic carbocycles. The second kappa shape index (κ2) is 7.29. The summed E-state index contributed by atoms with van der Waals surface area (Å²) in [5.41, 5.74) is 2.15. The van der Waals surface area contributed by atoms with Crippen molar-refractivity contribution in [2.24, 2.45) is 0 Å². The van der Waals surface area contributed by atoms with Crippen molar-refractivity contribution in [2.75, 3.05) is 37.6 Å². The first-order valence-corrected chi connectivity index (χ1v) is 8.98. The zero-order valence-corrected chi connectivity index (χ0v) is 14.6. The van der Waals surface area contributed by atoms with Gasteiger partial charge in [0.2, 0.25) is 0 Å². The van der Waals surface area contributed by atoms with Gasteiger partial charge in [-0.1, -0.05) is 12.2 Å². The van der Waals surface area contributed by atoms with Crippen molar-refractivity contribution in [3.63, 3.8) is 0 Å². The largest absolute Gasteiger partial charge is 0.480 e. The predicted octanol–water partition coefficient (Wildman–Crippen LogP) is 1.99. The van der Waals surface area contributed by atoms with E-state index in [1.807, 2.05) is 17.0 Å². The summed E-state index contributed by atoms with van der Waals surface area (Å²) in [4.78, 5) is 24.9. The maximum atomic E-state index is 11.1. The molecule has 2 aromatic heterocycles. The maximum absolute atomic E-state index is 11.1. The van der Waals surface area contributed by atoms with Gasteiger partial charge in [-0.25, -0.2) is 9.97 Å². The average molecular weight is 354 g/mol. The molecule has 4 rings (SSSR count). The van der Waals surface area contributed by atoms with Crippen LogP contribution in [0.5, 0.6) is 0 Å². The van der Waals surface area contributed by atoms with E-state index in [1.165, 1.54) is 0 Å². The highest BCUT2D eigenvalue weighted by Gasteiger charge is 2.25. The topological polar surface area (TPSA) is 82.7 Å². The molecule has 0 fully saturated rings. The lowest BCUT2D eigenvalue weighted by atomic mass is 10.1. The van der Waals surface area contributed by atoms with E-state index < -0.39 is 5.97 Å². The lowest BCUT2D eigenvalue weighted by Gasteiger charge is -2.27. The van der Waals surface area contributed by atoms with Gasteiger partial charge >= 0.3 is 5.97 Å². The van der Waals surface area contributed by atoms with Gasteiger partial charge in [-0.05, 0) is 25.0 Å². The van der Waals surface area contributed by atoms with Gasteiger partial charge < -0.3 is 14.4 Å². The lowest BCUT2D eigenvalue weighted by Crippen LogP contribution is -2.32. The Morgan fingerprint density at radius 3 is 2.81 bits per heavy atom. The van der Waals surface area contributed by atoms with E-state index >= 15 is 0 Å². The summed E-state index contributed by atoms with van der Waals surface area (Å²) in [5, 5.41) is 9.10. The number of aliphatic carboxylic acids is 1. The third kappa shape index (κ3) is 3.48. The SMILES string of the molecule is O=C(O)CN1CCc2nc(-c3ccco3)nc(N3CC=CCC3)c2CC1. The van der Waals surface area contributed by atoms with E-state index in [2.05, 4.69) is 17.1 Å². The fourth-order valence-electron chi connectivity index (χ4n) is 3.59. The Morgan fingerprint density at radius 1 is 1.19 bits per heavy atom. The summed E-state index contributed by atoms with van der Waals surface area (Å²) in [6, 6.07) is 3.71. The van der Waals surface area contributed by atoms with Crippen molar-refractivity contribution >= 4 is 11.8 Å². The summed E-state index contributed by atoms with van der Waals surface area (Å²) in [5.74, 6) is 1.43. The molecule has 0 radical (unpaired) electrons. The molecule has 2 aliphatic rings. The van der Waals surface area contributed by atoms with Gasteiger partial charge in [0.1, 0.15) is 5.82 Å². The molecule has 0 saturated heterocycles. The number of anilines is 1. The van der Waals surface area contributed by atoms with E-state index in [-0.39, 0.29) is 6.54 Å². The standard InChI is InChI=1S/C19H22N4O3/c24-17(25)13-22-10-6-14-15(7-11-22)20-18(16-5-4-12-26-16)21-19(14)23-8-2-1-3-9-23/h1-2,4-5,12H,3,6-11,13H2,(H,24,25). The fourth-order valence-corrected chi connectivity index (χ4v) is 3.59. The van der Waals surface area contributed by atoms with Crippen LogP contribution in [-0.2, 0) is 17.6 Å². The zero-order valence-electron chi connectivity index (χ0n) is 14.6. The van der Waals surface area contributed by atoms with Crippen molar-refractivity contribution in [1.29, 1.82) is 0 Å². The Labute approximate surface area is 152 Å². The van der Waals surface area contributed by atoms with Crippen molar-refractivity contribution in [3.8, 4) is 11.6 Å². The summed E-state index contributed by atoms with van der Waals surface area (Å²) in [6.07, 6.45) is 8.46. The third-order valence-electron chi connectivity index (χ3n) is 4.87. The summed E-state index contributed by atoms with van der Waals surface area (Å²) in [7, 11) is 0. The van der Waals surface area contributed by atoms with Crippen molar-refractivity contribution < 1.29 is 14.3 Å². The Bertz CT molecular complexity index is 816. The smallest absolute Gasteiger partial charge is 0.317 e. The summed E-state index contributed by atoms with van der Waals surface area (Å²) in [6.45, 7) is 3.22. The summed E-state index contributed by atoms with van der Waals surface area (Å²) >= 11 is 0. The van der Waals surface area contributed by atoms with Crippen molar-refractivity contribution in [1.82, 2.24) is 14.9 Å². The van der Waals surface area contributed by atoms with E-state index in [1.54, 1.807) is 6.26 Å². The Balaban J connectivity index is 1.72. The van der Waals surface area contributed by atoms with Crippen LogP contribution in [0.1, 0.15) is 17.7 Å². The molecule has 2 aliphatic heterocycles. The minimum atomic E-state index is -0.792.